The summed E-state index contributed by atoms with van der Waals surface area (Å²) in [6.45, 7) is 6.68. The first-order chi connectivity index (χ1) is 14.3. The summed E-state index contributed by atoms with van der Waals surface area (Å²) in [6.07, 6.45) is 1.89. The second-order valence-electron chi connectivity index (χ2n) is 7.18. The molecule has 1 N–H and O–H groups in total. The molecule has 30 heavy (non-hydrogen) atoms. The lowest BCUT2D eigenvalue weighted by Gasteiger charge is -2.29. The molecule has 2 amide bonds. The Balaban J connectivity index is 2.14. The molecule has 162 valence electrons. The van der Waals surface area contributed by atoms with Crippen molar-refractivity contribution in [3.8, 4) is 0 Å². The highest BCUT2D eigenvalue weighted by Gasteiger charge is 2.26. The van der Waals surface area contributed by atoms with Gasteiger partial charge in [-0.2, -0.15) is 0 Å². The molecule has 4 nitrogen and oxygen atoms in total. The minimum absolute atomic E-state index is 0.121. The molecule has 0 aliphatic heterocycles. The highest BCUT2D eigenvalue weighted by atomic mass is 35.5. The van der Waals surface area contributed by atoms with Crippen molar-refractivity contribution in [3.63, 3.8) is 0 Å². The maximum Gasteiger partial charge on any atom is 0.242 e. The van der Waals surface area contributed by atoms with E-state index in [1.54, 1.807) is 30.0 Å². The van der Waals surface area contributed by atoms with Crippen LogP contribution in [0.4, 0.5) is 0 Å². The lowest BCUT2D eigenvalue weighted by Crippen LogP contribution is -2.48. The number of nitrogens with zero attached hydrogens (tertiary/aromatic N) is 1. The molecule has 2 aromatic carbocycles. The van der Waals surface area contributed by atoms with Crippen LogP contribution in [-0.2, 0) is 16.1 Å². The minimum atomic E-state index is -0.611. The molecule has 2 aromatic rings. The molecule has 0 aliphatic carbocycles. The van der Waals surface area contributed by atoms with E-state index in [4.69, 9.17) is 23.2 Å². The first kappa shape index (κ1) is 24.6. The van der Waals surface area contributed by atoms with Crippen molar-refractivity contribution < 1.29 is 9.59 Å². The van der Waals surface area contributed by atoms with Crippen LogP contribution < -0.4 is 5.32 Å². The lowest BCUT2D eigenvalue weighted by molar-refractivity contribution is -0.138. The molecule has 2 rings (SSSR count). The van der Waals surface area contributed by atoms with E-state index in [1.165, 1.54) is 17.3 Å². The summed E-state index contributed by atoms with van der Waals surface area (Å²) in [7, 11) is 0. The average Bonchev–Trinajstić information content (AvgIpc) is 2.72. The molecule has 1 atom stereocenters. The first-order valence-electron chi connectivity index (χ1n) is 10.0. The highest BCUT2D eigenvalue weighted by molar-refractivity contribution is 8.00. The SMILES string of the molecule is CCCCNC(=O)[C@H](C)N(Cc1ccc(Cl)cc1Cl)C(=O)CSc1ccc(C)cc1. The van der Waals surface area contributed by atoms with E-state index in [1.807, 2.05) is 31.2 Å². The third kappa shape index (κ3) is 7.53. The fourth-order valence-electron chi connectivity index (χ4n) is 2.81. The van der Waals surface area contributed by atoms with E-state index in [0.717, 1.165) is 23.3 Å². The molecule has 0 unspecified atom stereocenters. The molecule has 0 fully saturated rings. The van der Waals surface area contributed by atoms with Gasteiger partial charge in [-0.1, -0.05) is 60.3 Å². The number of aryl methyl sites for hydroxylation is 1. The van der Waals surface area contributed by atoms with Gasteiger partial charge in [0.15, 0.2) is 0 Å². The molecule has 0 aromatic heterocycles. The second kappa shape index (κ2) is 12.2. The topological polar surface area (TPSA) is 49.4 Å². The maximum atomic E-state index is 13.1. The molecule has 0 radical (unpaired) electrons. The standard InChI is InChI=1S/C23H28Cl2N2O2S/c1-4-5-12-26-23(29)17(3)27(14-18-8-9-19(24)13-21(18)25)22(28)15-30-20-10-6-16(2)7-11-20/h6-11,13,17H,4-5,12,14-15H2,1-3H3,(H,26,29)/t17-/m0/s1. The molecule has 0 heterocycles. The number of benzene rings is 2. The zero-order valence-electron chi connectivity index (χ0n) is 17.6. The number of amides is 2. The Labute approximate surface area is 193 Å². The molecule has 0 bridgehead atoms. The van der Waals surface area contributed by atoms with Crippen molar-refractivity contribution in [1.82, 2.24) is 10.2 Å². The molecule has 0 saturated carbocycles. The van der Waals surface area contributed by atoms with Gasteiger partial charge in [0.25, 0.3) is 0 Å². The van der Waals surface area contributed by atoms with Crippen molar-refractivity contribution in [2.45, 2.75) is 51.1 Å². The van der Waals surface area contributed by atoms with Crippen LogP contribution in [-0.4, -0.2) is 35.1 Å². The van der Waals surface area contributed by atoms with Crippen molar-refractivity contribution in [2.75, 3.05) is 12.3 Å². The predicted octanol–water partition coefficient (Wildman–Crippen LogP) is 5.73. The largest absolute Gasteiger partial charge is 0.354 e. The van der Waals surface area contributed by atoms with Crippen LogP contribution in [0.3, 0.4) is 0 Å². The summed E-state index contributed by atoms with van der Waals surface area (Å²) < 4.78 is 0. The Hall–Kier alpha value is -1.69. The number of rotatable bonds is 10. The van der Waals surface area contributed by atoms with Crippen molar-refractivity contribution >= 4 is 46.8 Å². The third-order valence-corrected chi connectivity index (χ3v) is 6.32. The predicted molar refractivity (Wildman–Crippen MR) is 126 cm³/mol. The third-order valence-electron chi connectivity index (χ3n) is 4.74. The smallest absolute Gasteiger partial charge is 0.242 e. The van der Waals surface area contributed by atoms with Crippen molar-refractivity contribution in [1.29, 1.82) is 0 Å². The van der Waals surface area contributed by atoms with E-state index < -0.39 is 6.04 Å². The van der Waals surface area contributed by atoms with E-state index in [9.17, 15) is 9.59 Å². The summed E-state index contributed by atoms with van der Waals surface area (Å²) in [5, 5.41) is 3.92. The Morgan fingerprint density at radius 2 is 1.83 bits per heavy atom. The van der Waals surface area contributed by atoms with Gasteiger partial charge in [0.2, 0.25) is 11.8 Å². The molecular formula is C23H28Cl2N2O2S. The number of thioether (sulfide) groups is 1. The van der Waals surface area contributed by atoms with Gasteiger partial charge in [-0.3, -0.25) is 9.59 Å². The quantitative estimate of drug-likeness (QED) is 0.359. The van der Waals surface area contributed by atoms with Gasteiger partial charge in [-0.05, 0) is 50.1 Å². The molecule has 7 heteroatoms. The summed E-state index contributed by atoms with van der Waals surface area (Å²) in [5.41, 5.74) is 1.92. The van der Waals surface area contributed by atoms with Crippen LogP contribution in [0.1, 0.15) is 37.8 Å². The van der Waals surface area contributed by atoms with Crippen LogP contribution >= 0.6 is 35.0 Å². The summed E-state index contributed by atoms with van der Waals surface area (Å²) in [6, 6.07) is 12.6. The van der Waals surface area contributed by atoms with Crippen LogP contribution in [0, 0.1) is 6.92 Å². The van der Waals surface area contributed by atoms with Crippen LogP contribution in [0.5, 0.6) is 0 Å². The zero-order chi connectivity index (χ0) is 22.1. The van der Waals surface area contributed by atoms with Crippen molar-refractivity contribution in [2.24, 2.45) is 0 Å². The fourth-order valence-corrected chi connectivity index (χ4v) is 4.07. The summed E-state index contributed by atoms with van der Waals surface area (Å²) in [4.78, 5) is 28.3. The van der Waals surface area contributed by atoms with Gasteiger partial charge >= 0.3 is 0 Å². The lowest BCUT2D eigenvalue weighted by atomic mass is 10.1. The Kier molecular flexibility index (Phi) is 10.0. The molecular weight excluding hydrogens is 439 g/mol. The Bertz CT molecular complexity index is 859. The van der Waals surface area contributed by atoms with Crippen LogP contribution in [0.15, 0.2) is 47.4 Å². The van der Waals surface area contributed by atoms with E-state index >= 15 is 0 Å². The first-order valence-corrected chi connectivity index (χ1v) is 11.8. The fraction of sp³-hybridized carbons (Fsp3) is 0.391. The Morgan fingerprint density at radius 3 is 2.47 bits per heavy atom. The van der Waals surface area contributed by atoms with Gasteiger partial charge < -0.3 is 10.2 Å². The summed E-state index contributed by atoms with van der Waals surface area (Å²) in [5.74, 6) is -0.0483. The van der Waals surface area contributed by atoms with Crippen molar-refractivity contribution in [3.05, 3.63) is 63.6 Å². The highest BCUT2D eigenvalue weighted by Crippen LogP contribution is 2.24. The van der Waals surface area contributed by atoms with E-state index in [-0.39, 0.29) is 24.1 Å². The molecule has 0 aliphatic rings. The van der Waals surface area contributed by atoms with Crippen LogP contribution in [0.25, 0.3) is 0 Å². The summed E-state index contributed by atoms with van der Waals surface area (Å²) >= 11 is 13.8. The number of halogens is 2. The van der Waals surface area contributed by atoms with Crippen LogP contribution in [0.2, 0.25) is 10.0 Å². The maximum absolute atomic E-state index is 13.1. The monoisotopic (exact) mass is 466 g/mol. The number of nitrogens with one attached hydrogen (secondary N) is 1. The Morgan fingerprint density at radius 1 is 1.13 bits per heavy atom. The number of carbonyl (C=O) groups is 2. The number of hydrogen-bond donors (Lipinski definition) is 1. The normalized spacial score (nSPS) is 11.8. The molecule has 0 saturated heterocycles. The van der Waals surface area contributed by atoms with Gasteiger partial charge in [0, 0.05) is 28.0 Å². The van der Waals surface area contributed by atoms with Gasteiger partial charge in [0.1, 0.15) is 6.04 Å². The average molecular weight is 467 g/mol. The molecule has 0 spiro atoms. The van der Waals surface area contributed by atoms with Gasteiger partial charge in [0.05, 0.1) is 5.75 Å². The van der Waals surface area contributed by atoms with E-state index in [0.29, 0.717) is 16.6 Å². The van der Waals surface area contributed by atoms with Gasteiger partial charge in [-0.15, -0.1) is 11.8 Å². The second-order valence-corrected chi connectivity index (χ2v) is 9.07. The number of hydrogen-bond acceptors (Lipinski definition) is 3. The number of carbonyl (C=O) groups excluding carboxylic acids is 2. The van der Waals surface area contributed by atoms with E-state index in [2.05, 4.69) is 12.2 Å². The minimum Gasteiger partial charge on any atom is -0.354 e. The van der Waals surface area contributed by atoms with Gasteiger partial charge in [-0.25, -0.2) is 0 Å². The zero-order valence-corrected chi connectivity index (χ0v) is 19.9. The number of unbranched alkanes of at least 4 members (excludes halogenated alkanes) is 1.